The zero-order valence-electron chi connectivity index (χ0n) is 16.8. The number of amides is 1. The Kier molecular flexibility index (Phi) is 5.76. The van der Waals surface area contributed by atoms with E-state index in [4.69, 9.17) is 9.72 Å². The van der Waals surface area contributed by atoms with Crippen molar-refractivity contribution in [3.8, 4) is 0 Å². The number of fused-ring (bicyclic) bond motifs is 2. The number of hydrogen-bond donors (Lipinski definition) is 0. The van der Waals surface area contributed by atoms with Crippen LogP contribution in [-0.4, -0.2) is 47.1 Å². The summed E-state index contributed by atoms with van der Waals surface area (Å²) in [4.78, 5) is 24.1. The molecule has 3 atom stereocenters. The van der Waals surface area contributed by atoms with Crippen molar-refractivity contribution in [2.24, 2.45) is 17.8 Å². The van der Waals surface area contributed by atoms with Gasteiger partial charge in [-0.3, -0.25) is 4.79 Å². The van der Waals surface area contributed by atoms with Gasteiger partial charge in [0.1, 0.15) is 5.82 Å². The Morgan fingerprint density at radius 3 is 2.74 bits per heavy atom. The number of aryl methyl sites for hydroxylation is 1. The van der Waals surface area contributed by atoms with E-state index in [1.807, 2.05) is 4.90 Å². The fraction of sp³-hybridized carbons (Fsp3) is 0.773. The van der Waals surface area contributed by atoms with E-state index >= 15 is 0 Å². The van der Waals surface area contributed by atoms with Crippen LogP contribution in [0.25, 0.3) is 0 Å². The summed E-state index contributed by atoms with van der Waals surface area (Å²) in [6, 6.07) is 0. The van der Waals surface area contributed by atoms with Crippen LogP contribution in [0.1, 0.15) is 80.2 Å². The molecule has 2 bridgehead atoms. The van der Waals surface area contributed by atoms with Gasteiger partial charge in [-0.2, -0.15) is 0 Å². The van der Waals surface area contributed by atoms with Crippen LogP contribution < -0.4 is 0 Å². The molecule has 4 rings (SSSR count). The number of nitrogens with zero attached hydrogens (tertiary/aromatic N) is 3. The van der Waals surface area contributed by atoms with Crippen LogP contribution in [0.15, 0.2) is 6.20 Å². The first-order chi connectivity index (χ1) is 13.1. The highest BCUT2D eigenvalue weighted by Crippen LogP contribution is 2.49. The van der Waals surface area contributed by atoms with Gasteiger partial charge in [-0.05, 0) is 55.8 Å². The number of ether oxygens (including phenoxy) is 1. The van der Waals surface area contributed by atoms with Crippen molar-refractivity contribution in [1.29, 1.82) is 0 Å². The Hall–Kier alpha value is -1.49. The van der Waals surface area contributed by atoms with Crippen molar-refractivity contribution >= 4 is 5.91 Å². The predicted molar refractivity (Wildman–Crippen MR) is 105 cm³/mol. The molecule has 1 amide bonds. The summed E-state index contributed by atoms with van der Waals surface area (Å²) in [5, 5.41) is 0. The zero-order chi connectivity index (χ0) is 18.8. The lowest BCUT2D eigenvalue weighted by atomic mass is 9.85. The molecule has 0 N–H and O–H groups in total. The van der Waals surface area contributed by atoms with E-state index in [0.29, 0.717) is 31.9 Å². The molecule has 1 saturated heterocycles. The lowest BCUT2D eigenvalue weighted by molar-refractivity contribution is 0.0301. The minimum atomic E-state index is 0.0514. The topological polar surface area (TPSA) is 55.3 Å². The van der Waals surface area contributed by atoms with E-state index in [1.165, 1.54) is 38.5 Å². The lowest BCUT2D eigenvalue weighted by Gasteiger charge is -2.27. The Labute approximate surface area is 162 Å². The van der Waals surface area contributed by atoms with E-state index in [-0.39, 0.29) is 11.8 Å². The molecular weight excluding hydrogens is 338 g/mol. The highest BCUT2D eigenvalue weighted by Gasteiger charge is 2.38. The van der Waals surface area contributed by atoms with Gasteiger partial charge in [0.2, 0.25) is 0 Å². The largest absolute Gasteiger partial charge is 0.378 e. The normalized spacial score (nSPS) is 27.5. The van der Waals surface area contributed by atoms with Gasteiger partial charge in [-0.1, -0.05) is 20.3 Å². The highest BCUT2D eigenvalue weighted by atomic mass is 16.5. The molecule has 5 nitrogen and oxygen atoms in total. The van der Waals surface area contributed by atoms with Crippen molar-refractivity contribution in [2.45, 2.75) is 64.7 Å². The van der Waals surface area contributed by atoms with Crippen LogP contribution in [0.4, 0.5) is 0 Å². The molecule has 0 radical (unpaired) electrons. The Morgan fingerprint density at radius 2 is 2.07 bits per heavy atom. The maximum Gasteiger partial charge on any atom is 0.257 e. The van der Waals surface area contributed by atoms with Crippen LogP contribution in [0.5, 0.6) is 0 Å². The van der Waals surface area contributed by atoms with E-state index in [9.17, 15) is 4.79 Å². The first kappa shape index (κ1) is 18.9. The summed E-state index contributed by atoms with van der Waals surface area (Å²) in [5.74, 6) is 4.13. The fourth-order valence-electron chi connectivity index (χ4n) is 5.35. The molecule has 27 heavy (non-hydrogen) atoms. The smallest absolute Gasteiger partial charge is 0.257 e. The van der Waals surface area contributed by atoms with E-state index < -0.39 is 0 Å². The van der Waals surface area contributed by atoms with E-state index in [2.05, 4.69) is 18.8 Å². The van der Waals surface area contributed by atoms with Crippen LogP contribution in [0.3, 0.4) is 0 Å². The van der Waals surface area contributed by atoms with Crippen molar-refractivity contribution in [1.82, 2.24) is 14.9 Å². The average Bonchev–Trinajstić information content (AvgIpc) is 3.31. The third-order valence-electron chi connectivity index (χ3n) is 6.80. The Bertz CT molecular complexity index is 670. The van der Waals surface area contributed by atoms with Gasteiger partial charge < -0.3 is 9.64 Å². The van der Waals surface area contributed by atoms with Gasteiger partial charge in [0.05, 0.1) is 24.5 Å². The third kappa shape index (κ3) is 4.18. The van der Waals surface area contributed by atoms with Crippen molar-refractivity contribution in [2.75, 3.05) is 26.3 Å². The zero-order valence-corrected chi connectivity index (χ0v) is 16.8. The van der Waals surface area contributed by atoms with Gasteiger partial charge in [-0.15, -0.1) is 0 Å². The Morgan fingerprint density at radius 1 is 1.26 bits per heavy atom. The molecule has 1 unspecified atom stereocenters. The van der Waals surface area contributed by atoms with E-state index in [0.717, 1.165) is 35.7 Å². The summed E-state index contributed by atoms with van der Waals surface area (Å²) >= 11 is 0. The van der Waals surface area contributed by atoms with Crippen LogP contribution in [-0.2, 0) is 11.2 Å². The number of aromatic nitrogens is 2. The second-order valence-corrected chi connectivity index (χ2v) is 8.97. The van der Waals surface area contributed by atoms with Gasteiger partial charge in [0.25, 0.3) is 5.91 Å². The second-order valence-electron chi connectivity index (χ2n) is 8.97. The minimum Gasteiger partial charge on any atom is -0.378 e. The average molecular weight is 372 g/mol. The fourth-order valence-corrected chi connectivity index (χ4v) is 5.35. The first-order valence-electron chi connectivity index (χ1n) is 10.8. The molecule has 2 aliphatic carbocycles. The maximum absolute atomic E-state index is 12.9. The third-order valence-corrected chi connectivity index (χ3v) is 6.80. The quantitative estimate of drug-likeness (QED) is 0.762. The molecule has 1 aliphatic heterocycles. The number of morpholine rings is 1. The SMILES string of the molecule is CC(C)c1nc(CCCC2C[C@H]3CC[C@@H]2C3)ncc1C(=O)N1CCOCC1. The second kappa shape index (κ2) is 8.26. The summed E-state index contributed by atoms with van der Waals surface area (Å²) in [6.45, 7) is 6.76. The summed E-state index contributed by atoms with van der Waals surface area (Å²) < 4.78 is 5.36. The van der Waals surface area contributed by atoms with E-state index in [1.54, 1.807) is 6.20 Å². The molecule has 0 spiro atoms. The number of carbonyl (C=O) groups is 1. The van der Waals surface area contributed by atoms with Gasteiger partial charge >= 0.3 is 0 Å². The monoisotopic (exact) mass is 371 g/mol. The molecule has 1 aromatic rings. The predicted octanol–water partition coefficient (Wildman–Crippen LogP) is 3.83. The van der Waals surface area contributed by atoms with Gasteiger partial charge in [-0.25, -0.2) is 9.97 Å². The number of hydrogen-bond acceptors (Lipinski definition) is 4. The molecule has 0 aromatic carbocycles. The first-order valence-corrected chi connectivity index (χ1v) is 10.8. The summed E-state index contributed by atoms with van der Waals surface area (Å²) in [6.07, 6.45) is 11.1. The van der Waals surface area contributed by atoms with Crippen LogP contribution >= 0.6 is 0 Å². The molecule has 3 aliphatic rings. The molecule has 2 saturated carbocycles. The van der Waals surface area contributed by atoms with Crippen LogP contribution in [0, 0.1) is 17.8 Å². The number of rotatable bonds is 6. The van der Waals surface area contributed by atoms with Crippen molar-refractivity contribution < 1.29 is 9.53 Å². The lowest BCUT2D eigenvalue weighted by Crippen LogP contribution is -2.41. The Balaban J connectivity index is 1.38. The molecule has 5 heteroatoms. The van der Waals surface area contributed by atoms with Gasteiger partial charge in [0.15, 0.2) is 0 Å². The maximum atomic E-state index is 12.9. The summed E-state index contributed by atoms with van der Waals surface area (Å²) in [7, 11) is 0. The van der Waals surface area contributed by atoms with Gasteiger partial charge in [0, 0.05) is 25.7 Å². The molecule has 2 heterocycles. The summed E-state index contributed by atoms with van der Waals surface area (Å²) in [5.41, 5.74) is 1.57. The molecule has 3 fully saturated rings. The standard InChI is InChI=1S/C22H33N3O2/c1-15(2)21-19(22(26)25-8-10-27-11-9-25)14-23-20(24-21)5-3-4-17-12-16-6-7-18(17)13-16/h14-18H,3-13H2,1-2H3/t16-,17?,18-/m1/s1. The minimum absolute atomic E-state index is 0.0514. The molecular formula is C22H33N3O2. The van der Waals surface area contributed by atoms with Crippen LogP contribution in [0.2, 0.25) is 0 Å². The van der Waals surface area contributed by atoms with Crippen molar-refractivity contribution in [3.05, 3.63) is 23.3 Å². The molecule has 148 valence electrons. The number of carbonyl (C=O) groups excluding carboxylic acids is 1. The van der Waals surface area contributed by atoms with Crippen molar-refractivity contribution in [3.63, 3.8) is 0 Å². The highest BCUT2D eigenvalue weighted by molar-refractivity contribution is 5.95. The molecule has 1 aromatic heterocycles.